The van der Waals surface area contributed by atoms with Gasteiger partial charge in [0.05, 0.1) is 18.8 Å². The molecule has 0 radical (unpaired) electrons. The standard InChI is InChI=1S/C17H21FN2O2/c1-21-13-8-6-12(7-9-13)20-11-10-19-17(20)16-14(18)4-3-5-15(16)22-2/h3-5,10-13H,6-9H2,1-2H3. The number of imidazole rings is 1. The highest BCUT2D eigenvalue weighted by molar-refractivity contribution is 5.65. The second kappa shape index (κ2) is 6.48. The van der Waals surface area contributed by atoms with Crippen LogP contribution in [-0.2, 0) is 4.74 Å². The minimum atomic E-state index is -0.308. The molecule has 0 unspecified atom stereocenters. The normalized spacial score (nSPS) is 21.8. The molecule has 118 valence electrons. The van der Waals surface area contributed by atoms with Gasteiger partial charge in [0.15, 0.2) is 0 Å². The first-order valence-electron chi connectivity index (χ1n) is 7.63. The molecule has 1 heterocycles. The lowest BCUT2D eigenvalue weighted by Gasteiger charge is -2.29. The Morgan fingerprint density at radius 2 is 1.95 bits per heavy atom. The highest BCUT2D eigenvalue weighted by atomic mass is 19.1. The third-order valence-electron chi connectivity index (χ3n) is 4.46. The molecular weight excluding hydrogens is 283 g/mol. The molecule has 0 bridgehead atoms. The van der Waals surface area contributed by atoms with Crippen molar-refractivity contribution in [3.05, 3.63) is 36.4 Å². The zero-order valence-electron chi connectivity index (χ0n) is 13.0. The Kier molecular flexibility index (Phi) is 4.43. The predicted molar refractivity (Wildman–Crippen MR) is 82.5 cm³/mol. The Bertz CT molecular complexity index is 633. The average molecular weight is 304 g/mol. The van der Waals surface area contributed by atoms with Crippen molar-refractivity contribution >= 4 is 0 Å². The van der Waals surface area contributed by atoms with Gasteiger partial charge in [-0.2, -0.15) is 0 Å². The zero-order chi connectivity index (χ0) is 15.5. The summed E-state index contributed by atoms with van der Waals surface area (Å²) in [5, 5.41) is 0. The Labute approximate surface area is 129 Å². The molecule has 0 spiro atoms. The van der Waals surface area contributed by atoms with E-state index in [0.29, 0.717) is 29.3 Å². The first-order valence-corrected chi connectivity index (χ1v) is 7.63. The molecule has 1 aliphatic rings. The van der Waals surface area contributed by atoms with Crippen molar-refractivity contribution in [2.75, 3.05) is 14.2 Å². The van der Waals surface area contributed by atoms with Gasteiger partial charge in [0.1, 0.15) is 17.4 Å². The molecule has 0 saturated heterocycles. The molecule has 2 aromatic rings. The lowest BCUT2D eigenvalue weighted by atomic mass is 9.92. The zero-order valence-corrected chi connectivity index (χ0v) is 13.0. The van der Waals surface area contributed by atoms with E-state index in [2.05, 4.69) is 9.55 Å². The summed E-state index contributed by atoms with van der Waals surface area (Å²) in [6, 6.07) is 5.18. The SMILES string of the molecule is COc1cccc(F)c1-c1nccn1C1CCC(OC)CC1. The van der Waals surface area contributed by atoms with E-state index >= 15 is 0 Å². The maximum absolute atomic E-state index is 14.3. The molecule has 0 amide bonds. The molecule has 1 aromatic heterocycles. The Morgan fingerprint density at radius 3 is 2.64 bits per heavy atom. The largest absolute Gasteiger partial charge is 0.496 e. The third kappa shape index (κ3) is 2.73. The van der Waals surface area contributed by atoms with Crippen LogP contribution in [0.25, 0.3) is 11.4 Å². The number of hydrogen-bond donors (Lipinski definition) is 0. The van der Waals surface area contributed by atoms with Crippen molar-refractivity contribution in [1.29, 1.82) is 0 Å². The molecule has 4 nitrogen and oxygen atoms in total. The molecule has 1 aromatic carbocycles. The van der Waals surface area contributed by atoms with Crippen molar-refractivity contribution in [3.63, 3.8) is 0 Å². The molecule has 0 N–H and O–H groups in total. The predicted octanol–water partition coefficient (Wildman–Crippen LogP) is 3.83. The molecule has 1 saturated carbocycles. The van der Waals surface area contributed by atoms with Gasteiger partial charge >= 0.3 is 0 Å². The van der Waals surface area contributed by atoms with Crippen molar-refractivity contribution < 1.29 is 13.9 Å². The quantitative estimate of drug-likeness (QED) is 0.861. The highest BCUT2D eigenvalue weighted by Gasteiger charge is 2.25. The van der Waals surface area contributed by atoms with E-state index in [0.717, 1.165) is 25.7 Å². The van der Waals surface area contributed by atoms with E-state index in [1.165, 1.54) is 6.07 Å². The summed E-state index contributed by atoms with van der Waals surface area (Å²) in [6.07, 6.45) is 8.06. The monoisotopic (exact) mass is 304 g/mol. The van der Waals surface area contributed by atoms with E-state index in [1.807, 2.05) is 6.20 Å². The number of ether oxygens (including phenoxy) is 2. The number of hydrogen-bond acceptors (Lipinski definition) is 3. The van der Waals surface area contributed by atoms with Gasteiger partial charge in [0.2, 0.25) is 0 Å². The van der Waals surface area contributed by atoms with E-state index in [9.17, 15) is 4.39 Å². The van der Waals surface area contributed by atoms with Crippen LogP contribution < -0.4 is 4.74 Å². The van der Waals surface area contributed by atoms with Crippen molar-refractivity contribution in [2.24, 2.45) is 0 Å². The molecular formula is C17H21FN2O2. The summed E-state index contributed by atoms with van der Waals surface area (Å²) in [4.78, 5) is 4.38. The fraction of sp³-hybridized carbons (Fsp3) is 0.471. The van der Waals surface area contributed by atoms with Crippen LogP contribution in [0.1, 0.15) is 31.7 Å². The minimum absolute atomic E-state index is 0.308. The molecule has 0 atom stereocenters. The average Bonchev–Trinajstić information content (AvgIpc) is 3.03. The van der Waals surface area contributed by atoms with Crippen LogP contribution >= 0.6 is 0 Å². The summed E-state index contributed by atoms with van der Waals surface area (Å²) < 4.78 is 27.1. The van der Waals surface area contributed by atoms with Crippen LogP contribution in [0.2, 0.25) is 0 Å². The smallest absolute Gasteiger partial charge is 0.146 e. The second-order valence-electron chi connectivity index (χ2n) is 5.64. The number of aromatic nitrogens is 2. The number of halogens is 1. The molecule has 22 heavy (non-hydrogen) atoms. The maximum atomic E-state index is 14.3. The Balaban J connectivity index is 1.93. The van der Waals surface area contributed by atoms with E-state index in [-0.39, 0.29) is 5.82 Å². The summed E-state index contributed by atoms with van der Waals surface area (Å²) in [5.74, 6) is 0.839. The van der Waals surface area contributed by atoms with Crippen molar-refractivity contribution in [1.82, 2.24) is 9.55 Å². The van der Waals surface area contributed by atoms with E-state index < -0.39 is 0 Å². The summed E-state index contributed by atoms with van der Waals surface area (Å²) in [7, 11) is 3.31. The topological polar surface area (TPSA) is 36.3 Å². The first-order chi connectivity index (χ1) is 10.7. The van der Waals surface area contributed by atoms with Gasteiger partial charge in [-0.15, -0.1) is 0 Å². The third-order valence-corrected chi connectivity index (χ3v) is 4.46. The lowest BCUT2D eigenvalue weighted by Crippen LogP contribution is -2.23. The molecule has 1 aliphatic carbocycles. The minimum Gasteiger partial charge on any atom is -0.496 e. The van der Waals surface area contributed by atoms with Crippen LogP contribution in [-0.4, -0.2) is 29.9 Å². The van der Waals surface area contributed by atoms with E-state index in [4.69, 9.17) is 9.47 Å². The van der Waals surface area contributed by atoms with Crippen molar-refractivity contribution in [3.8, 4) is 17.1 Å². The molecule has 5 heteroatoms. The van der Waals surface area contributed by atoms with Crippen LogP contribution in [0.5, 0.6) is 5.75 Å². The lowest BCUT2D eigenvalue weighted by molar-refractivity contribution is 0.0586. The molecule has 1 fully saturated rings. The van der Waals surface area contributed by atoms with Crippen molar-refractivity contribution in [2.45, 2.75) is 37.8 Å². The molecule has 3 rings (SSSR count). The summed E-state index contributed by atoms with van der Waals surface area (Å²) in [6.45, 7) is 0. The van der Waals surface area contributed by atoms with Gasteiger partial charge in [-0.1, -0.05) is 6.07 Å². The maximum Gasteiger partial charge on any atom is 0.146 e. The Hall–Kier alpha value is -1.88. The van der Waals surface area contributed by atoms with Gasteiger partial charge in [-0.3, -0.25) is 0 Å². The van der Waals surface area contributed by atoms with Gasteiger partial charge in [0, 0.05) is 25.5 Å². The van der Waals surface area contributed by atoms with Gasteiger partial charge < -0.3 is 14.0 Å². The number of rotatable bonds is 4. The van der Waals surface area contributed by atoms with Gasteiger partial charge in [-0.05, 0) is 37.8 Å². The fourth-order valence-electron chi connectivity index (χ4n) is 3.25. The Morgan fingerprint density at radius 1 is 1.18 bits per heavy atom. The van der Waals surface area contributed by atoms with Crippen LogP contribution in [0, 0.1) is 5.82 Å². The van der Waals surface area contributed by atoms with E-state index in [1.54, 1.807) is 32.5 Å². The van der Waals surface area contributed by atoms with Gasteiger partial charge in [0.25, 0.3) is 0 Å². The second-order valence-corrected chi connectivity index (χ2v) is 5.64. The highest BCUT2D eigenvalue weighted by Crippen LogP contribution is 2.36. The summed E-state index contributed by atoms with van der Waals surface area (Å²) >= 11 is 0. The van der Waals surface area contributed by atoms with Crippen LogP contribution in [0.4, 0.5) is 4.39 Å². The first kappa shape index (κ1) is 15.0. The number of methoxy groups -OCH3 is 2. The molecule has 0 aliphatic heterocycles. The van der Waals surface area contributed by atoms with Gasteiger partial charge in [-0.25, -0.2) is 9.37 Å². The number of nitrogens with zero attached hydrogens (tertiary/aromatic N) is 2. The fourth-order valence-corrected chi connectivity index (χ4v) is 3.25. The van der Waals surface area contributed by atoms with Crippen LogP contribution in [0.15, 0.2) is 30.6 Å². The van der Waals surface area contributed by atoms with Crippen LogP contribution in [0.3, 0.4) is 0 Å². The summed E-state index contributed by atoms with van der Waals surface area (Å²) in [5.41, 5.74) is 0.434. The number of benzene rings is 1.